The molecule has 0 amide bonds. The van der Waals surface area contributed by atoms with E-state index in [2.05, 4.69) is 0 Å². The fraction of sp³-hybridized carbons (Fsp3) is 0.632. The van der Waals surface area contributed by atoms with Gasteiger partial charge in [-0.15, -0.1) is 0 Å². The lowest BCUT2D eigenvalue weighted by atomic mass is 9.85. The lowest BCUT2D eigenvalue weighted by Gasteiger charge is -2.21. The summed E-state index contributed by atoms with van der Waals surface area (Å²) >= 11 is 0. The molecule has 1 aliphatic rings. The van der Waals surface area contributed by atoms with E-state index >= 15 is 0 Å². The van der Waals surface area contributed by atoms with Gasteiger partial charge in [0.25, 0.3) is 0 Å². The first-order valence-electron chi connectivity index (χ1n) is 8.55. The van der Waals surface area contributed by atoms with E-state index in [1.54, 1.807) is 0 Å². The highest BCUT2D eigenvalue weighted by Crippen LogP contribution is 2.28. The monoisotopic (exact) mass is 287 g/mol. The smallest absolute Gasteiger partial charge is 0.162 e. The summed E-state index contributed by atoms with van der Waals surface area (Å²) in [4.78, 5) is 12.1. The molecule has 0 radical (unpaired) electrons. The van der Waals surface area contributed by atoms with Gasteiger partial charge in [-0.25, -0.2) is 0 Å². The molecular weight excluding hydrogens is 258 g/mol. The standard InChI is InChI=1S/C19H29NO/c1-15(20)17-11-13-18(14-12-17)19(21)10-6-5-9-16-7-3-2-4-8-16/h11-16H,2-10,20H2,1H3. The maximum Gasteiger partial charge on any atom is 0.162 e. The van der Waals surface area contributed by atoms with Gasteiger partial charge >= 0.3 is 0 Å². The van der Waals surface area contributed by atoms with Gasteiger partial charge in [0, 0.05) is 18.0 Å². The first-order chi connectivity index (χ1) is 10.2. The number of ketones is 1. The van der Waals surface area contributed by atoms with Crippen LogP contribution in [0.15, 0.2) is 24.3 Å². The van der Waals surface area contributed by atoms with E-state index in [0.717, 1.165) is 23.5 Å². The first-order valence-corrected chi connectivity index (χ1v) is 8.55. The van der Waals surface area contributed by atoms with E-state index in [-0.39, 0.29) is 11.8 Å². The van der Waals surface area contributed by atoms with Gasteiger partial charge in [-0.05, 0) is 24.8 Å². The van der Waals surface area contributed by atoms with Crippen LogP contribution in [-0.4, -0.2) is 5.78 Å². The largest absolute Gasteiger partial charge is 0.324 e. The third-order valence-corrected chi connectivity index (χ3v) is 4.75. The SMILES string of the molecule is CC(N)c1ccc(C(=O)CCCCC2CCCCC2)cc1. The van der Waals surface area contributed by atoms with Crippen molar-refractivity contribution in [2.75, 3.05) is 0 Å². The molecule has 2 rings (SSSR count). The number of rotatable bonds is 7. The molecule has 0 bridgehead atoms. The fourth-order valence-corrected chi connectivity index (χ4v) is 3.31. The van der Waals surface area contributed by atoms with Crippen LogP contribution in [0.1, 0.15) is 86.7 Å². The van der Waals surface area contributed by atoms with Crippen molar-refractivity contribution in [1.29, 1.82) is 0 Å². The molecule has 1 fully saturated rings. The molecule has 0 aliphatic heterocycles. The second-order valence-electron chi connectivity index (χ2n) is 6.58. The molecule has 1 aromatic rings. The molecule has 2 heteroatoms. The Morgan fingerprint density at radius 1 is 1.14 bits per heavy atom. The number of Topliss-reactive ketones (excluding diaryl/α,β-unsaturated/α-hetero) is 1. The molecule has 21 heavy (non-hydrogen) atoms. The zero-order chi connectivity index (χ0) is 15.1. The number of hydrogen-bond donors (Lipinski definition) is 1. The molecule has 1 unspecified atom stereocenters. The maximum absolute atomic E-state index is 12.1. The lowest BCUT2D eigenvalue weighted by Crippen LogP contribution is -2.07. The van der Waals surface area contributed by atoms with Crippen molar-refractivity contribution in [3.05, 3.63) is 35.4 Å². The van der Waals surface area contributed by atoms with E-state index in [1.165, 1.54) is 44.9 Å². The maximum atomic E-state index is 12.1. The van der Waals surface area contributed by atoms with Gasteiger partial charge < -0.3 is 5.73 Å². The molecular formula is C19H29NO. The summed E-state index contributed by atoms with van der Waals surface area (Å²) < 4.78 is 0. The Bertz CT molecular complexity index is 429. The highest BCUT2D eigenvalue weighted by molar-refractivity contribution is 5.96. The van der Waals surface area contributed by atoms with Crippen LogP contribution in [0.4, 0.5) is 0 Å². The molecule has 1 atom stereocenters. The van der Waals surface area contributed by atoms with Crippen LogP contribution in [0.3, 0.4) is 0 Å². The molecule has 1 saturated carbocycles. The van der Waals surface area contributed by atoms with Gasteiger partial charge in [-0.3, -0.25) is 4.79 Å². The second-order valence-corrected chi connectivity index (χ2v) is 6.58. The fourth-order valence-electron chi connectivity index (χ4n) is 3.31. The number of carbonyl (C=O) groups is 1. The van der Waals surface area contributed by atoms with E-state index in [0.29, 0.717) is 6.42 Å². The Morgan fingerprint density at radius 3 is 2.43 bits per heavy atom. The van der Waals surface area contributed by atoms with Crippen LogP contribution in [-0.2, 0) is 0 Å². The summed E-state index contributed by atoms with van der Waals surface area (Å²) in [7, 11) is 0. The molecule has 0 heterocycles. The summed E-state index contributed by atoms with van der Waals surface area (Å²) in [6.07, 6.45) is 11.3. The Kier molecular flexibility index (Phi) is 6.44. The molecule has 1 aliphatic carbocycles. The Balaban J connectivity index is 1.69. The van der Waals surface area contributed by atoms with Gasteiger partial charge in [0.1, 0.15) is 0 Å². The Morgan fingerprint density at radius 2 is 1.81 bits per heavy atom. The number of nitrogens with two attached hydrogens (primary N) is 1. The van der Waals surface area contributed by atoms with Crippen molar-refractivity contribution in [2.45, 2.75) is 70.8 Å². The van der Waals surface area contributed by atoms with Crippen LogP contribution in [0.25, 0.3) is 0 Å². The summed E-state index contributed by atoms with van der Waals surface area (Å²) in [5, 5.41) is 0. The molecule has 116 valence electrons. The predicted octanol–water partition coefficient (Wildman–Crippen LogP) is 5.03. The molecule has 2 nitrogen and oxygen atoms in total. The van der Waals surface area contributed by atoms with Crippen molar-refractivity contribution in [3.63, 3.8) is 0 Å². The summed E-state index contributed by atoms with van der Waals surface area (Å²) in [5.41, 5.74) is 7.74. The van der Waals surface area contributed by atoms with E-state index in [4.69, 9.17) is 5.73 Å². The minimum Gasteiger partial charge on any atom is -0.324 e. The Labute approximate surface area is 129 Å². The zero-order valence-corrected chi connectivity index (χ0v) is 13.3. The number of benzene rings is 1. The summed E-state index contributed by atoms with van der Waals surface area (Å²) in [5.74, 6) is 1.20. The van der Waals surface area contributed by atoms with Crippen molar-refractivity contribution in [2.24, 2.45) is 11.7 Å². The zero-order valence-electron chi connectivity index (χ0n) is 13.3. The lowest BCUT2D eigenvalue weighted by molar-refractivity contribution is 0.0978. The van der Waals surface area contributed by atoms with Crippen molar-refractivity contribution in [1.82, 2.24) is 0 Å². The highest BCUT2D eigenvalue weighted by Gasteiger charge is 2.13. The summed E-state index contributed by atoms with van der Waals surface area (Å²) in [6, 6.07) is 7.81. The van der Waals surface area contributed by atoms with Crippen molar-refractivity contribution < 1.29 is 4.79 Å². The molecule has 2 N–H and O–H groups in total. The third kappa shape index (κ3) is 5.28. The van der Waals surface area contributed by atoms with Crippen LogP contribution in [0.5, 0.6) is 0 Å². The molecule has 0 aromatic heterocycles. The van der Waals surface area contributed by atoms with Gasteiger partial charge in [0.05, 0.1) is 0 Å². The predicted molar refractivity (Wildman–Crippen MR) is 88.4 cm³/mol. The van der Waals surface area contributed by atoms with Crippen LogP contribution >= 0.6 is 0 Å². The normalized spacial score (nSPS) is 17.6. The number of unbranched alkanes of at least 4 members (excludes halogenated alkanes) is 1. The Hall–Kier alpha value is -1.15. The minimum absolute atomic E-state index is 0.0321. The van der Waals surface area contributed by atoms with Crippen LogP contribution in [0.2, 0.25) is 0 Å². The van der Waals surface area contributed by atoms with Crippen molar-refractivity contribution in [3.8, 4) is 0 Å². The van der Waals surface area contributed by atoms with E-state index in [1.807, 2.05) is 31.2 Å². The highest BCUT2D eigenvalue weighted by atomic mass is 16.1. The number of carbonyl (C=O) groups excluding carboxylic acids is 1. The average Bonchev–Trinajstić information content (AvgIpc) is 2.52. The average molecular weight is 287 g/mol. The third-order valence-electron chi connectivity index (χ3n) is 4.75. The van der Waals surface area contributed by atoms with Crippen LogP contribution < -0.4 is 5.73 Å². The van der Waals surface area contributed by atoms with Gasteiger partial charge in [0.2, 0.25) is 0 Å². The number of hydrogen-bond acceptors (Lipinski definition) is 2. The molecule has 0 spiro atoms. The van der Waals surface area contributed by atoms with Crippen molar-refractivity contribution >= 4 is 5.78 Å². The van der Waals surface area contributed by atoms with Gasteiger partial charge in [-0.1, -0.05) is 69.2 Å². The van der Waals surface area contributed by atoms with E-state index < -0.39 is 0 Å². The summed E-state index contributed by atoms with van der Waals surface area (Å²) in [6.45, 7) is 1.96. The van der Waals surface area contributed by atoms with Crippen LogP contribution in [0, 0.1) is 5.92 Å². The minimum atomic E-state index is 0.0321. The quantitative estimate of drug-likeness (QED) is 0.564. The topological polar surface area (TPSA) is 43.1 Å². The van der Waals surface area contributed by atoms with E-state index in [9.17, 15) is 4.79 Å². The molecule has 0 saturated heterocycles. The molecule has 1 aromatic carbocycles. The first kappa shape index (κ1) is 16.2. The van der Waals surface area contributed by atoms with Gasteiger partial charge in [-0.2, -0.15) is 0 Å². The second kappa shape index (κ2) is 8.33. The van der Waals surface area contributed by atoms with Gasteiger partial charge in [0.15, 0.2) is 5.78 Å².